The molecule has 0 aliphatic rings. The van der Waals surface area contributed by atoms with Gasteiger partial charge in [0, 0.05) is 19.3 Å². The Kier molecular flexibility index (Phi) is 5.11. The molecule has 1 aromatic carbocycles. The molecule has 0 radical (unpaired) electrons. The van der Waals surface area contributed by atoms with Crippen molar-refractivity contribution in [2.75, 3.05) is 11.9 Å². The van der Waals surface area contributed by atoms with E-state index >= 15 is 0 Å². The lowest BCUT2D eigenvalue weighted by atomic mass is 10.1. The van der Waals surface area contributed by atoms with Crippen LogP contribution in [0.15, 0.2) is 40.1 Å². The molecular weight excluding hydrogens is 337 g/mol. The molecule has 0 atom stereocenters. The Balaban J connectivity index is 1.79. The third kappa shape index (κ3) is 3.96. The minimum atomic E-state index is -0.486. The van der Waals surface area contributed by atoms with E-state index in [-0.39, 0.29) is 22.8 Å². The van der Waals surface area contributed by atoms with E-state index in [0.29, 0.717) is 25.5 Å². The van der Waals surface area contributed by atoms with Gasteiger partial charge in [-0.3, -0.25) is 14.3 Å². The Labute approximate surface area is 148 Å². The predicted octanol–water partition coefficient (Wildman–Crippen LogP) is 1.93. The summed E-state index contributed by atoms with van der Waals surface area (Å²) in [6.45, 7) is 4.68. The van der Waals surface area contributed by atoms with Crippen molar-refractivity contribution in [3.8, 4) is 0 Å². The number of anilines is 1. The SMILES string of the molecule is CC(C)Cn1c(=O)[nH]c2nc(NCCc3cccc(F)c3)ncc2c1=O. The molecule has 0 aliphatic carbocycles. The van der Waals surface area contributed by atoms with E-state index < -0.39 is 11.2 Å². The van der Waals surface area contributed by atoms with Gasteiger partial charge in [-0.1, -0.05) is 26.0 Å². The van der Waals surface area contributed by atoms with Gasteiger partial charge in [0.25, 0.3) is 5.56 Å². The van der Waals surface area contributed by atoms with Crippen molar-refractivity contribution in [2.45, 2.75) is 26.8 Å². The Morgan fingerprint density at radius 3 is 2.85 bits per heavy atom. The number of benzene rings is 1. The summed E-state index contributed by atoms with van der Waals surface area (Å²) in [5.41, 5.74) is 0.163. The van der Waals surface area contributed by atoms with Crippen LogP contribution in [0.2, 0.25) is 0 Å². The smallest absolute Gasteiger partial charge is 0.330 e. The van der Waals surface area contributed by atoms with Gasteiger partial charge in [0.05, 0.1) is 0 Å². The maximum Gasteiger partial charge on any atom is 0.330 e. The molecule has 0 aliphatic heterocycles. The molecular formula is C18H20FN5O2. The number of aromatic amines is 1. The molecule has 0 spiro atoms. The first-order valence-electron chi connectivity index (χ1n) is 8.42. The van der Waals surface area contributed by atoms with Gasteiger partial charge in [0.1, 0.15) is 11.2 Å². The zero-order chi connectivity index (χ0) is 18.7. The first-order chi connectivity index (χ1) is 12.4. The molecule has 3 rings (SSSR count). The van der Waals surface area contributed by atoms with Crippen molar-refractivity contribution < 1.29 is 4.39 Å². The number of hydrogen-bond acceptors (Lipinski definition) is 5. The number of rotatable bonds is 6. The monoisotopic (exact) mass is 357 g/mol. The van der Waals surface area contributed by atoms with Crippen LogP contribution in [0.3, 0.4) is 0 Å². The van der Waals surface area contributed by atoms with Crippen LogP contribution in [0.25, 0.3) is 11.0 Å². The fourth-order valence-corrected chi connectivity index (χ4v) is 2.67. The Morgan fingerprint density at radius 1 is 1.31 bits per heavy atom. The van der Waals surface area contributed by atoms with Crippen LogP contribution in [0.1, 0.15) is 19.4 Å². The van der Waals surface area contributed by atoms with Gasteiger partial charge in [-0.05, 0) is 30.0 Å². The van der Waals surface area contributed by atoms with E-state index in [9.17, 15) is 14.0 Å². The molecule has 2 N–H and O–H groups in total. The van der Waals surface area contributed by atoms with E-state index in [1.807, 2.05) is 19.9 Å². The standard InChI is InChI=1S/C18H20FN5O2/c1-11(2)10-24-16(25)14-9-21-17(22-15(14)23-18(24)26)20-7-6-12-4-3-5-13(19)8-12/h3-5,8-9,11H,6-7,10H2,1-2H3,(H2,20,21,22,23,26). The number of fused-ring (bicyclic) bond motifs is 1. The minimum Gasteiger partial charge on any atom is -0.354 e. The lowest BCUT2D eigenvalue weighted by Gasteiger charge is -2.09. The summed E-state index contributed by atoms with van der Waals surface area (Å²) in [5.74, 6) is 0.182. The van der Waals surface area contributed by atoms with Gasteiger partial charge in [-0.25, -0.2) is 14.2 Å². The highest BCUT2D eigenvalue weighted by atomic mass is 19.1. The van der Waals surface area contributed by atoms with Crippen molar-refractivity contribution in [3.63, 3.8) is 0 Å². The highest BCUT2D eigenvalue weighted by Gasteiger charge is 2.11. The summed E-state index contributed by atoms with van der Waals surface area (Å²) in [6.07, 6.45) is 1.99. The summed E-state index contributed by atoms with van der Waals surface area (Å²) in [5, 5.41) is 3.28. The number of H-pyrrole nitrogens is 1. The second-order valence-electron chi connectivity index (χ2n) is 6.50. The third-order valence-electron chi connectivity index (χ3n) is 3.87. The van der Waals surface area contributed by atoms with Crippen LogP contribution in [0.4, 0.5) is 10.3 Å². The second-order valence-corrected chi connectivity index (χ2v) is 6.50. The van der Waals surface area contributed by atoms with E-state index in [1.54, 1.807) is 6.07 Å². The van der Waals surface area contributed by atoms with E-state index in [4.69, 9.17) is 0 Å². The molecule has 0 saturated heterocycles. The van der Waals surface area contributed by atoms with Crippen LogP contribution < -0.4 is 16.6 Å². The van der Waals surface area contributed by atoms with Gasteiger partial charge < -0.3 is 5.32 Å². The Bertz CT molecular complexity index is 1040. The normalized spacial score (nSPS) is 11.2. The summed E-state index contributed by atoms with van der Waals surface area (Å²) in [6, 6.07) is 6.36. The van der Waals surface area contributed by atoms with Gasteiger partial charge in [0.15, 0.2) is 5.65 Å². The molecule has 0 amide bonds. The molecule has 0 fully saturated rings. The molecule has 2 heterocycles. The van der Waals surface area contributed by atoms with Gasteiger partial charge in [-0.2, -0.15) is 4.98 Å². The number of nitrogens with zero attached hydrogens (tertiary/aromatic N) is 3. The Morgan fingerprint density at radius 2 is 2.12 bits per heavy atom. The van der Waals surface area contributed by atoms with Gasteiger partial charge in [-0.15, -0.1) is 0 Å². The molecule has 2 aromatic heterocycles. The highest BCUT2D eigenvalue weighted by molar-refractivity contribution is 5.73. The second kappa shape index (κ2) is 7.47. The lowest BCUT2D eigenvalue weighted by molar-refractivity contribution is 0.495. The number of aromatic nitrogens is 4. The van der Waals surface area contributed by atoms with Crippen LogP contribution in [-0.4, -0.2) is 26.1 Å². The average Bonchev–Trinajstić information content (AvgIpc) is 2.58. The number of hydrogen-bond donors (Lipinski definition) is 2. The van der Waals surface area contributed by atoms with E-state index in [0.717, 1.165) is 10.1 Å². The summed E-state index contributed by atoms with van der Waals surface area (Å²) < 4.78 is 14.3. The summed E-state index contributed by atoms with van der Waals surface area (Å²) >= 11 is 0. The number of halogens is 1. The average molecular weight is 357 g/mol. The predicted molar refractivity (Wildman–Crippen MR) is 97.9 cm³/mol. The highest BCUT2D eigenvalue weighted by Crippen LogP contribution is 2.07. The first-order valence-corrected chi connectivity index (χ1v) is 8.42. The molecule has 136 valence electrons. The third-order valence-corrected chi connectivity index (χ3v) is 3.87. The fourth-order valence-electron chi connectivity index (χ4n) is 2.67. The largest absolute Gasteiger partial charge is 0.354 e. The van der Waals surface area contributed by atoms with Crippen molar-refractivity contribution in [3.05, 3.63) is 62.7 Å². The molecule has 8 heteroatoms. The quantitative estimate of drug-likeness (QED) is 0.703. The van der Waals surface area contributed by atoms with Crippen molar-refractivity contribution in [1.82, 2.24) is 19.5 Å². The maximum absolute atomic E-state index is 13.2. The number of nitrogens with one attached hydrogen (secondary N) is 2. The van der Waals surface area contributed by atoms with E-state index in [2.05, 4.69) is 20.3 Å². The molecule has 0 bridgehead atoms. The first kappa shape index (κ1) is 17.8. The van der Waals surface area contributed by atoms with Crippen molar-refractivity contribution in [1.29, 1.82) is 0 Å². The maximum atomic E-state index is 13.2. The summed E-state index contributed by atoms with van der Waals surface area (Å²) in [4.78, 5) is 35.5. The van der Waals surface area contributed by atoms with Crippen LogP contribution in [0, 0.1) is 11.7 Å². The van der Waals surface area contributed by atoms with Gasteiger partial charge in [0.2, 0.25) is 5.95 Å². The van der Waals surface area contributed by atoms with Crippen LogP contribution in [-0.2, 0) is 13.0 Å². The molecule has 3 aromatic rings. The Hall–Kier alpha value is -3.03. The lowest BCUT2D eigenvalue weighted by Crippen LogP contribution is -2.36. The van der Waals surface area contributed by atoms with Gasteiger partial charge >= 0.3 is 5.69 Å². The fraction of sp³-hybridized carbons (Fsp3) is 0.333. The van der Waals surface area contributed by atoms with Crippen LogP contribution >= 0.6 is 0 Å². The zero-order valence-electron chi connectivity index (χ0n) is 14.6. The molecule has 0 saturated carbocycles. The minimum absolute atomic E-state index is 0.163. The topological polar surface area (TPSA) is 92.7 Å². The molecule has 26 heavy (non-hydrogen) atoms. The van der Waals surface area contributed by atoms with Crippen molar-refractivity contribution in [2.24, 2.45) is 5.92 Å². The molecule has 0 unspecified atom stereocenters. The van der Waals surface area contributed by atoms with Crippen molar-refractivity contribution >= 4 is 17.0 Å². The summed E-state index contributed by atoms with van der Waals surface area (Å²) in [7, 11) is 0. The zero-order valence-corrected chi connectivity index (χ0v) is 14.6. The molecule has 7 nitrogen and oxygen atoms in total. The van der Waals surface area contributed by atoms with E-state index in [1.165, 1.54) is 18.3 Å². The van der Waals surface area contributed by atoms with Crippen LogP contribution in [0.5, 0.6) is 0 Å².